The van der Waals surface area contributed by atoms with Crippen molar-refractivity contribution in [1.29, 1.82) is 0 Å². The molecule has 0 atom stereocenters. The summed E-state index contributed by atoms with van der Waals surface area (Å²) in [5.74, 6) is -1.83. The maximum Gasteiger partial charge on any atom is 0.318 e. The van der Waals surface area contributed by atoms with Crippen molar-refractivity contribution in [1.82, 2.24) is 14.1 Å². The molecule has 12 heteroatoms. The third-order valence-corrected chi connectivity index (χ3v) is 4.36. The van der Waals surface area contributed by atoms with E-state index in [2.05, 4.69) is 4.98 Å². The van der Waals surface area contributed by atoms with Crippen LogP contribution in [-0.4, -0.2) is 68.3 Å². The number of aliphatic hydroxyl groups is 2. The number of aliphatic hydroxyl groups excluding tert-OH is 2. The second-order valence-corrected chi connectivity index (χ2v) is 7.04. The average Bonchev–Trinajstić information content (AvgIpc) is 3.11. The van der Waals surface area contributed by atoms with Crippen molar-refractivity contribution in [2.75, 3.05) is 19.8 Å². The molecule has 0 spiro atoms. The number of aromatic nitrogens is 3. The molecule has 3 N–H and O–H groups in total. The molecule has 0 aliphatic heterocycles. The zero-order chi connectivity index (χ0) is 22.3. The number of nitrogens with zero attached hydrogens (tertiary/aromatic N) is 2. The number of hydrogen-bond donors (Lipinski definition) is 3. The molecule has 0 saturated carbocycles. The minimum atomic E-state index is -1.10. The molecule has 0 saturated heterocycles. The molecule has 0 aliphatic carbocycles. The molecule has 0 radical (unpaired) electrons. The van der Waals surface area contributed by atoms with Crippen LogP contribution in [0.5, 0.6) is 0 Å². The highest BCUT2D eigenvalue weighted by molar-refractivity contribution is 7.71. The molecule has 2 rings (SSSR count). The first-order valence-electron chi connectivity index (χ1n) is 9.27. The summed E-state index contributed by atoms with van der Waals surface area (Å²) in [7, 11) is 0. The maximum absolute atomic E-state index is 12.4. The Morgan fingerprint density at radius 3 is 2.57 bits per heavy atom. The van der Waals surface area contributed by atoms with E-state index in [1.54, 1.807) is 16.8 Å². The van der Waals surface area contributed by atoms with Crippen LogP contribution in [0.1, 0.15) is 20.3 Å². The van der Waals surface area contributed by atoms with Gasteiger partial charge in [0.1, 0.15) is 18.0 Å². The van der Waals surface area contributed by atoms with Gasteiger partial charge < -0.3 is 33.6 Å². The fourth-order valence-corrected chi connectivity index (χ4v) is 2.92. The summed E-state index contributed by atoms with van der Waals surface area (Å²) in [4.78, 5) is 38.4. The minimum Gasteiger partial charge on any atom is -0.457 e. The van der Waals surface area contributed by atoms with Crippen LogP contribution in [-0.2, 0) is 37.1 Å². The molecule has 0 fully saturated rings. The van der Waals surface area contributed by atoms with Crippen LogP contribution in [0.2, 0.25) is 0 Å². The van der Waals surface area contributed by atoms with Crippen molar-refractivity contribution in [2.45, 2.75) is 45.8 Å². The first-order valence-corrected chi connectivity index (χ1v) is 9.68. The van der Waals surface area contributed by atoms with Crippen LogP contribution < -0.4 is 5.56 Å². The first kappa shape index (κ1) is 23.7. The van der Waals surface area contributed by atoms with Crippen molar-refractivity contribution in [2.24, 2.45) is 0 Å². The van der Waals surface area contributed by atoms with E-state index < -0.39 is 43.2 Å². The van der Waals surface area contributed by atoms with Gasteiger partial charge in [0.2, 0.25) is 0 Å². The predicted molar refractivity (Wildman–Crippen MR) is 107 cm³/mol. The van der Waals surface area contributed by atoms with Crippen molar-refractivity contribution in [3.8, 4) is 0 Å². The lowest BCUT2D eigenvalue weighted by atomic mass is 10.4. The van der Waals surface area contributed by atoms with Crippen LogP contribution in [0.4, 0.5) is 0 Å². The summed E-state index contributed by atoms with van der Waals surface area (Å²) in [6, 6.07) is 1.67. The number of H-pyrrole nitrogens is 1. The zero-order valence-electron chi connectivity index (χ0n) is 16.7. The van der Waals surface area contributed by atoms with Gasteiger partial charge in [0.05, 0.1) is 31.4 Å². The summed E-state index contributed by atoms with van der Waals surface area (Å²) in [5, 5.41) is 17.8. The van der Waals surface area contributed by atoms with E-state index in [1.807, 2.05) is 13.8 Å². The second-order valence-electron chi connectivity index (χ2n) is 6.65. The van der Waals surface area contributed by atoms with E-state index in [1.165, 1.54) is 4.57 Å². The van der Waals surface area contributed by atoms with Gasteiger partial charge >= 0.3 is 11.9 Å². The first-order chi connectivity index (χ1) is 14.3. The van der Waals surface area contributed by atoms with Gasteiger partial charge in [-0.25, -0.2) is 0 Å². The molecule has 11 nitrogen and oxygen atoms in total. The Morgan fingerprint density at radius 2 is 1.93 bits per heavy atom. The Bertz CT molecular complexity index is 989. The van der Waals surface area contributed by atoms with Crippen molar-refractivity contribution >= 4 is 35.2 Å². The predicted octanol–water partition coefficient (Wildman–Crippen LogP) is 0.0728. The largest absolute Gasteiger partial charge is 0.457 e. The Kier molecular flexibility index (Phi) is 8.72. The topological polar surface area (TPSA) is 145 Å². The highest BCUT2D eigenvalue weighted by Gasteiger charge is 2.18. The molecular weight excluding hydrogens is 418 g/mol. The molecular formula is C18H25N3O8S. The molecule has 2 heterocycles. The summed E-state index contributed by atoms with van der Waals surface area (Å²) < 4.78 is 18.7. The van der Waals surface area contributed by atoms with E-state index in [4.69, 9.17) is 36.6 Å². The number of hydrogen-bond acceptors (Lipinski definition) is 9. The van der Waals surface area contributed by atoms with E-state index in [-0.39, 0.29) is 23.1 Å². The molecule has 0 aromatic carbocycles. The molecule has 2 aromatic heterocycles. The fourth-order valence-electron chi connectivity index (χ4n) is 2.64. The number of rotatable bonds is 11. The minimum absolute atomic E-state index is 0.0539. The molecule has 0 aliphatic rings. The Hall–Kier alpha value is -2.54. The number of aromatic amines is 1. The summed E-state index contributed by atoms with van der Waals surface area (Å²) >= 11 is 5.23. The molecule has 2 aromatic rings. The maximum atomic E-state index is 12.4. The third-order valence-electron chi connectivity index (χ3n) is 4.04. The van der Waals surface area contributed by atoms with Gasteiger partial charge in [-0.3, -0.25) is 19.4 Å². The van der Waals surface area contributed by atoms with Gasteiger partial charge in [-0.2, -0.15) is 0 Å². The van der Waals surface area contributed by atoms with Gasteiger partial charge in [-0.05, 0) is 32.1 Å². The monoisotopic (exact) mass is 443 g/mol. The molecule has 0 bridgehead atoms. The van der Waals surface area contributed by atoms with Crippen LogP contribution in [0.25, 0.3) is 11.0 Å². The van der Waals surface area contributed by atoms with Gasteiger partial charge in [0.25, 0.3) is 5.56 Å². The highest BCUT2D eigenvalue weighted by atomic mass is 32.1. The second kappa shape index (κ2) is 11.0. The third kappa shape index (κ3) is 6.23. The Labute approximate surface area is 176 Å². The summed E-state index contributed by atoms with van der Waals surface area (Å²) in [6.45, 7) is 3.22. The van der Waals surface area contributed by atoms with Gasteiger partial charge in [0, 0.05) is 12.7 Å². The highest BCUT2D eigenvalue weighted by Crippen LogP contribution is 2.13. The summed E-state index contributed by atoms with van der Waals surface area (Å²) in [6.07, 6.45) is -0.180. The Morgan fingerprint density at radius 1 is 1.23 bits per heavy atom. The number of carbonyl (C=O) groups excluding carboxylic acids is 2. The molecule has 166 valence electrons. The van der Waals surface area contributed by atoms with Crippen LogP contribution in [0.3, 0.4) is 0 Å². The lowest BCUT2D eigenvalue weighted by molar-refractivity contribution is -0.162. The lowest BCUT2D eigenvalue weighted by Gasteiger charge is -2.13. The number of fused-ring (bicyclic) bond motifs is 1. The van der Waals surface area contributed by atoms with Crippen molar-refractivity contribution in [3.05, 3.63) is 27.4 Å². The number of nitrogens with one attached hydrogen (secondary N) is 1. The standard InChI is InChI=1S/C18H25N3O8S/c1-11(2)27-6-5-21-13-3-4-20(16(13)17(26)19-18(21)30)10-28-14(24)7-15(25)29-12(8-22)9-23/h3-4,11-12,22-23H,5-10H2,1-2H3,(H,19,26,30). The molecule has 0 amide bonds. The SMILES string of the molecule is CC(C)OCCn1c(=S)[nH]c(=O)c2c1ccn2COC(=O)CC(=O)OC(CO)CO. The van der Waals surface area contributed by atoms with Crippen molar-refractivity contribution < 1.29 is 34.0 Å². The van der Waals surface area contributed by atoms with Gasteiger partial charge in [-0.1, -0.05) is 0 Å². The molecule has 0 unspecified atom stereocenters. The van der Waals surface area contributed by atoms with Gasteiger partial charge in [0.15, 0.2) is 11.5 Å². The smallest absolute Gasteiger partial charge is 0.318 e. The van der Waals surface area contributed by atoms with E-state index in [0.29, 0.717) is 18.7 Å². The van der Waals surface area contributed by atoms with E-state index >= 15 is 0 Å². The van der Waals surface area contributed by atoms with E-state index in [0.717, 1.165) is 0 Å². The van der Waals surface area contributed by atoms with Crippen LogP contribution in [0.15, 0.2) is 17.1 Å². The number of esters is 2. The van der Waals surface area contributed by atoms with Crippen LogP contribution >= 0.6 is 12.2 Å². The average molecular weight is 443 g/mol. The quantitative estimate of drug-likeness (QED) is 0.250. The van der Waals surface area contributed by atoms with E-state index in [9.17, 15) is 14.4 Å². The lowest BCUT2D eigenvalue weighted by Crippen LogP contribution is -2.27. The zero-order valence-corrected chi connectivity index (χ0v) is 17.5. The summed E-state index contributed by atoms with van der Waals surface area (Å²) in [5.41, 5.74) is 0.370. The van der Waals surface area contributed by atoms with Crippen LogP contribution in [0, 0.1) is 4.77 Å². The van der Waals surface area contributed by atoms with Gasteiger partial charge in [-0.15, -0.1) is 0 Å². The molecule has 30 heavy (non-hydrogen) atoms. The number of carbonyl (C=O) groups is 2. The Balaban J connectivity index is 2.08. The number of ether oxygens (including phenoxy) is 3. The fraction of sp³-hybridized carbons (Fsp3) is 0.556. The van der Waals surface area contributed by atoms with Crippen molar-refractivity contribution in [3.63, 3.8) is 0 Å². The normalized spacial score (nSPS) is 11.4.